The van der Waals surface area contributed by atoms with Crippen molar-refractivity contribution in [1.29, 1.82) is 5.26 Å². The van der Waals surface area contributed by atoms with Gasteiger partial charge in [0, 0.05) is 4.88 Å². The summed E-state index contributed by atoms with van der Waals surface area (Å²) in [4.78, 5) is 13.7. The predicted molar refractivity (Wildman–Crippen MR) is 66.1 cm³/mol. The molecule has 1 unspecified atom stereocenters. The highest BCUT2D eigenvalue weighted by Gasteiger charge is 2.24. The number of nitriles is 1. The lowest BCUT2D eigenvalue weighted by Crippen LogP contribution is -2.09. The summed E-state index contributed by atoms with van der Waals surface area (Å²) >= 11 is 2.85. The van der Waals surface area contributed by atoms with Crippen LogP contribution >= 0.6 is 22.7 Å². The molecule has 4 heteroatoms. The van der Waals surface area contributed by atoms with E-state index < -0.39 is 5.92 Å². The van der Waals surface area contributed by atoms with Crippen molar-refractivity contribution < 1.29 is 4.79 Å². The number of thiophene rings is 2. The van der Waals surface area contributed by atoms with Crippen LogP contribution in [0.25, 0.3) is 0 Å². The minimum absolute atomic E-state index is 0.0857. The van der Waals surface area contributed by atoms with Gasteiger partial charge >= 0.3 is 0 Å². The molecule has 2 aromatic heterocycles. The SMILES string of the molecule is Cc1ccsc1C(=O)C(C#N)c1cccs1. The van der Waals surface area contributed by atoms with Crippen LogP contribution < -0.4 is 0 Å². The molecule has 0 saturated carbocycles. The first-order valence-corrected chi connectivity index (χ1v) is 6.51. The first-order valence-electron chi connectivity index (χ1n) is 4.75. The minimum atomic E-state index is -0.655. The Kier molecular flexibility index (Phi) is 3.18. The van der Waals surface area contributed by atoms with Crippen LogP contribution in [0.1, 0.15) is 26.0 Å². The zero-order chi connectivity index (χ0) is 11.5. The van der Waals surface area contributed by atoms with Crippen LogP contribution in [0.4, 0.5) is 0 Å². The van der Waals surface area contributed by atoms with Gasteiger partial charge in [0.25, 0.3) is 0 Å². The average Bonchev–Trinajstić information content (AvgIpc) is 2.90. The van der Waals surface area contributed by atoms with Gasteiger partial charge in [0.2, 0.25) is 0 Å². The molecule has 2 rings (SSSR count). The highest BCUT2D eigenvalue weighted by atomic mass is 32.1. The van der Waals surface area contributed by atoms with E-state index in [1.165, 1.54) is 22.7 Å². The van der Waals surface area contributed by atoms with Crippen molar-refractivity contribution in [3.05, 3.63) is 44.3 Å². The van der Waals surface area contributed by atoms with Gasteiger partial charge in [-0.15, -0.1) is 22.7 Å². The van der Waals surface area contributed by atoms with E-state index in [2.05, 4.69) is 6.07 Å². The van der Waals surface area contributed by atoms with Gasteiger partial charge in [0.1, 0.15) is 5.92 Å². The zero-order valence-corrected chi connectivity index (χ0v) is 10.3. The second kappa shape index (κ2) is 4.60. The first-order chi connectivity index (χ1) is 7.74. The Morgan fingerprint density at radius 2 is 2.19 bits per heavy atom. The maximum Gasteiger partial charge on any atom is 0.195 e. The molecule has 0 aliphatic carbocycles. The molecule has 0 aromatic carbocycles. The van der Waals surface area contributed by atoms with Gasteiger partial charge in [-0.05, 0) is 35.4 Å². The lowest BCUT2D eigenvalue weighted by Gasteiger charge is -2.04. The number of carbonyl (C=O) groups excluding carboxylic acids is 1. The van der Waals surface area contributed by atoms with E-state index >= 15 is 0 Å². The van der Waals surface area contributed by atoms with Gasteiger partial charge in [0.05, 0.1) is 10.9 Å². The number of rotatable bonds is 3. The van der Waals surface area contributed by atoms with Crippen molar-refractivity contribution in [2.75, 3.05) is 0 Å². The van der Waals surface area contributed by atoms with Crippen LogP contribution in [-0.2, 0) is 0 Å². The fourth-order valence-corrected chi connectivity index (χ4v) is 3.13. The second-order valence-corrected chi connectivity index (χ2v) is 5.27. The smallest absolute Gasteiger partial charge is 0.195 e. The van der Waals surface area contributed by atoms with Gasteiger partial charge in [-0.3, -0.25) is 4.79 Å². The van der Waals surface area contributed by atoms with Crippen molar-refractivity contribution in [3.8, 4) is 6.07 Å². The quantitative estimate of drug-likeness (QED) is 0.777. The molecular formula is C12H9NOS2. The second-order valence-electron chi connectivity index (χ2n) is 3.37. The lowest BCUT2D eigenvalue weighted by molar-refractivity contribution is 0.0983. The molecule has 2 nitrogen and oxygen atoms in total. The number of nitrogens with zero attached hydrogens (tertiary/aromatic N) is 1. The maximum atomic E-state index is 12.2. The number of hydrogen-bond acceptors (Lipinski definition) is 4. The Morgan fingerprint density at radius 1 is 1.38 bits per heavy atom. The molecule has 0 radical (unpaired) electrons. The van der Waals surface area contributed by atoms with E-state index in [-0.39, 0.29) is 5.78 Å². The molecule has 1 atom stereocenters. The number of carbonyl (C=O) groups is 1. The largest absolute Gasteiger partial charge is 0.291 e. The van der Waals surface area contributed by atoms with E-state index in [1.54, 1.807) is 0 Å². The molecule has 16 heavy (non-hydrogen) atoms. The lowest BCUT2D eigenvalue weighted by atomic mass is 10.0. The number of aryl methyl sites for hydroxylation is 1. The first kappa shape index (κ1) is 11.1. The van der Waals surface area contributed by atoms with Crippen molar-refractivity contribution in [2.24, 2.45) is 0 Å². The molecule has 80 valence electrons. The van der Waals surface area contributed by atoms with Gasteiger partial charge in [-0.25, -0.2) is 0 Å². The van der Waals surface area contributed by atoms with Crippen molar-refractivity contribution in [1.82, 2.24) is 0 Å². The average molecular weight is 247 g/mol. The third kappa shape index (κ3) is 1.92. The molecule has 2 aromatic rings. The van der Waals surface area contributed by atoms with Crippen molar-refractivity contribution >= 4 is 28.5 Å². The van der Waals surface area contributed by atoms with Crippen molar-refractivity contribution in [3.63, 3.8) is 0 Å². The Bertz CT molecular complexity index is 534. The number of Topliss-reactive ketones (excluding diaryl/α,β-unsaturated/α-hetero) is 1. The molecule has 0 saturated heterocycles. The summed E-state index contributed by atoms with van der Waals surface area (Å²) in [7, 11) is 0. The summed E-state index contributed by atoms with van der Waals surface area (Å²) in [5.74, 6) is -0.741. The number of hydrogen-bond donors (Lipinski definition) is 0. The maximum absolute atomic E-state index is 12.2. The summed E-state index contributed by atoms with van der Waals surface area (Å²) in [6, 6.07) is 7.68. The summed E-state index contributed by atoms with van der Waals surface area (Å²) in [6.07, 6.45) is 0. The summed E-state index contributed by atoms with van der Waals surface area (Å²) < 4.78 is 0. The van der Waals surface area contributed by atoms with Gasteiger partial charge in [-0.2, -0.15) is 5.26 Å². The van der Waals surface area contributed by atoms with Crippen LogP contribution in [0.2, 0.25) is 0 Å². The molecule has 0 fully saturated rings. The topological polar surface area (TPSA) is 40.9 Å². The summed E-state index contributed by atoms with van der Waals surface area (Å²) in [5, 5.41) is 12.9. The summed E-state index contributed by atoms with van der Waals surface area (Å²) in [5.41, 5.74) is 0.951. The Morgan fingerprint density at radius 3 is 2.69 bits per heavy atom. The normalized spacial score (nSPS) is 12.0. The Hall–Kier alpha value is -1.44. The van der Waals surface area contributed by atoms with Crippen LogP contribution in [0, 0.1) is 18.3 Å². The number of ketones is 1. The molecule has 0 aliphatic rings. The van der Waals surface area contributed by atoms with Crippen LogP contribution in [0.5, 0.6) is 0 Å². The standard InChI is InChI=1S/C12H9NOS2/c1-8-4-6-16-12(8)11(14)9(7-13)10-3-2-5-15-10/h2-6,9H,1H3. The van der Waals surface area contributed by atoms with E-state index in [9.17, 15) is 4.79 Å². The molecule has 0 spiro atoms. The fraction of sp³-hybridized carbons (Fsp3) is 0.167. The fourth-order valence-electron chi connectivity index (χ4n) is 1.46. The third-order valence-corrected chi connectivity index (χ3v) is 4.27. The van der Waals surface area contributed by atoms with Gasteiger partial charge in [0.15, 0.2) is 5.78 Å². The van der Waals surface area contributed by atoms with Crippen LogP contribution in [0.3, 0.4) is 0 Å². The molecule has 0 bridgehead atoms. The zero-order valence-electron chi connectivity index (χ0n) is 8.64. The summed E-state index contributed by atoms with van der Waals surface area (Å²) in [6.45, 7) is 1.90. The Balaban J connectivity index is 2.35. The van der Waals surface area contributed by atoms with E-state index in [0.29, 0.717) is 4.88 Å². The molecule has 0 N–H and O–H groups in total. The minimum Gasteiger partial charge on any atom is -0.291 e. The monoisotopic (exact) mass is 247 g/mol. The Labute approximate surface area is 102 Å². The highest BCUT2D eigenvalue weighted by Crippen LogP contribution is 2.28. The van der Waals surface area contributed by atoms with E-state index in [1.807, 2.05) is 35.9 Å². The third-order valence-electron chi connectivity index (χ3n) is 2.30. The predicted octanol–water partition coefficient (Wildman–Crippen LogP) is 3.61. The van der Waals surface area contributed by atoms with E-state index in [0.717, 1.165) is 10.4 Å². The molecule has 2 heterocycles. The van der Waals surface area contributed by atoms with E-state index in [4.69, 9.17) is 5.26 Å². The molecule has 0 aliphatic heterocycles. The van der Waals surface area contributed by atoms with Gasteiger partial charge in [-0.1, -0.05) is 6.07 Å². The molecule has 0 amide bonds. The van der Waals surface area contributed by atoms with Gasteiger partial charge < -0.3 is 0 Å². The molecular weight excluding hydrogens is 238 g/mol. The van der Waals surface area contributed by atoms with Crippen molar-refractivity contribution in [2.45, 2.75) is 12.8 Å². The van der Waals surface area contributed by atoms with Crippen LogP contribution in [-0.4, -0.2) is 5.78 Å². The highest BCUT2D eigenvalue weighted by molar-refractivity contribution is 7.12. The van der Waals surface area contributed by atoms with Crippen LogP contribution in [0.15, 0.2) is 29.0 Å².